The summed E-state index contributed by atoms with van der Waals surface area (Å²) in [5.41, 5.74) is 7.80. The van der Waals surface area contributed by atoms with Gasteiger partial charge in [-0.2, -0.15) is 0 Å². The molecule has 0 radical (unpaired) electrons. The van der Waals surface area contributed by atoms with E-state index < -0.39 is 0 Å². The SMILES string of the molecule is NCc1cc(F)ccc1N1CCC(N2CCCCC2)C1. The number of piperidine rings is 1. The Morgan fingerprint density at radius 2 is 1.95 bits per heavy atom. The van der Waals surface area contributed by atoms with Crippen LogP contribution in [0.4, 0.5) is 10.1 Å². The number of benzene rings is 1. The first-order chi connectivity index (χ1) is 9.78. The summed E-state index contributed by atoms with van der Waals surface area (Å²) >= 11 is 0. The van der Waals surface area contributed by atoms with Crippen LogP contribution >= 0.6 is 0 Å². The summed E-state index contributed by atoms with van der Waals surface area (Å²) in [7, 11) is 0. The minimum atomic E-state index is -0.194. The number of hydrogen-bond acceptors (Lipinski definition) is 3. The van der Waals surface area contributed by atoms with Crippen LogP contribution in [0.2, 0.25) is 0 Å². The Balaban J connectivity index is 1.70. The first kappa shape index (κ1) is 13.8. The van der Waals surface area contributed by atoms with E-state index in [2.05, 4.69) is 9.80 Å². The zero-order valence-electron chi connectivity index (χ0n) is 12.0. The predicted octanol–water partition coefficient (Wildman–Crippen LogP) is 2.35. The summed E-state index contributed by atoms with van der Waals surface area (Å²) in [5, 5.41) is 0. The number of rotatable bonds is 3. The predicted molar refractivity (Wildman–Crippen MR) is 80.3 cm³/mol. The van der Waals surface area contributed by atoms with Gasteiger partial charge in [0.15, 0.2) is 0 Å². The monoisotopic (exact) mass is 277 g/mol. The van der Waals surface area contributed by atoms with Gasteiger partial charge in [-0.15, -0.1) is 0 Å². The zero-order chi connectivity index (χ0) is 13.9. The van der Waals surface area contributed by atoms with Crippen LogP contribution in [-0.4, -0.2) is 37.1 Å². The van der Waals surface area contributed by atoms with Crippen molar-refractivity contribution in [2.45, 2.75) is 38.3 Å². The topological polar surface area (TPSA) is 32.5 Å². The third kappa shape index (κ3) is 2.81. The van der Waals surface area contributed by atoms with Crippen LogP contribution in [-0.2, 0) is 6.54 Å². The Labute approximate surface area is 120 Å². The van der Waals surface area contributed by atoms with Gasteiger partial charge in [-0.05, 0) is 56.1 Å². The molecule has 2 aliphatic rings. The second-order valence-electron chi connectivity index (χ2n) is 5.96. The fraction of sp³-hybridized carbons (Fsp3) is 0.625. The maximum atomic E-state index is 13.3. The molecular formula is C16H24FN3. The molecule has 3 rings (SSSR count). The van der Waals surface area contributed by atoms with Crippen LogP contribution in [0.25, 0.3) is 0 Å². The number of nitrogens with zero attached hydrogens (tertiary/aromatic N) is 2. The number of likely N-dealkylation sites (tertiary alicyclic amines) is 1. The van der Waals surface area contributed by atoms with Crippen molar-refractivity contribution in [3.63, 3.8) is 0 Å². The first-order valence-electron chi connectivity index (χ1n) is 7.75. The first-order valence-corrected chi connectivity index (χ1v) is 7.75. The average molecular weight is 277 g/mol. The molecular weight excluding hydrogens is 253 g/mol. The Morgan fingerprint density at radius 3 is 2.70 bits per heavy atom. The van der Waals surface area contributed by atoms with Crippen LogP contribution in [0.15, 0.2) is 18.2 Å². The molecule has 0 saturated carbocycles. The molecule has 2 saturated heterocycles. The molecule has 110 valence electrons. The van der Waals surface area contributed by atoms with E-state index in [9.17, 15) is 4.39 Å². The maximum Gasteiger partial charge on any atom is 0.123 e. The molecule has 2 fully saturated rings. The smallest absolute Gasteiger partial charge is 0.123 e. The number of halogens is 1. The normalized spacial score (nSPS) is 24.3. The van der Waals surface area contributed by atoms with Crippen molar-refractivity contribution >= 4 is 5.69 Å². The maximum absolute atomic E-state index is 13.3. The van der Waals surface area contributed by atoms with Gasteiger partial charge in [0, 0.05) is 31.4 Å². The quantitative estimate of drug-likeness (QED) is 0.920. The second kappa shape index (κ2) is 6.10. The molecule has 1 aromatic rings. The van der Waals surface area contributed by atoms with Gasteiger partial charge in [-0.1, -0.05) is 6.42 Å². The van der Waals surface area contributed by atoms with Crippen molar-refractivity contribution in [2.24, 2.45) is 5.73 Å². The lowest BCUT2D eigenvalue weighted by Crippen LogP contribution is -2.41. The van der Waals surface area contributed by atoms with E-state index in [1.807, 2.05) is 6.07 Å². The molecule has 0 bridgehead atoms. The lowest BCUT2D eigenvalue weighted by molar-refractivity contribution is 0.175. The minimum Gasteiger partial charge on any atom is -0.370 e. The molecule has 0 spiro atoms. The molecule has 0 amide bonds. The van der Waals surface area contributed by atoms with E-state index in [0.717, 1.165) is 24.3 Å². The summed E-state index contributed by atoms with van der Waals surface area (Å²) in [6, 6.07) is 5.66. The molecule has 1 unspecified atom stereocenters. The van der Waals surface area contributed by atoms with Gasteiger partial charge in [-0.25, -0.2) is 4.39 Å². The Bertz CT molecular complexity index is 457. The third-order valence-electron chi connectivity index (χ3n) is 4.67. The average Bonchev–Trinajstić information content (AvgIpc) is 2.97. The molecule has 1 atom stereocenters. The van der Waals surface area contributed by atoms with Crippen molar-refractivity contribution in [2.75, 3.05) is 31.1 Å². The van der Waals surface area contributed by atoms with Gasteiger partial charge in [0.25, 0.3) is 0 Å². The van der Waals surface area contributed by atoms with Crippen molar-refractivity contribution in [3.05, 3.63) is 29.6 Å². The van der Waals surface area contributed by atoms with Gasteiger partial charge < -0.3 is 10.6 Å². The standard InChI is InChI=1S/C16H24FN3/c17-14-4-5-16(13(10-14)11-18)20-9-6-15(12-20)19-7-2-1-3-8-19/h4-5,10,15H,1-3,6-9,11-12,18H2. The number of anilines is 1. The molecule has 0 aromatic heterocycles. The van der Waals surface area contributed by atoms with Crippen LogP contribution < -0.4 is 10.6 Å². The molecule has 0 aliphatic carbocycles. The van der Waals surface area contributed by atoms with Gasteiger partial charge >= 0.3 is 0 Å². The van der Waals surface area contributed by atoms with Gasteiger partial charge in [0.1, 0.15) is 5.82 Å². The molecule has 2 heterocycles. The van der Waals surface area contributed by atoms with E-state index in [1.54, 1.807) is 12.1 Å². The van der Waals surface area contributed by atoms with Crippen LogP contribution in [0.5, 0.6) is 0 Å². The van der Waals surface area contributed by atoms with E-state index in [4.69, 9.17) is 5.73 Å². The summed E-state index contributed by atoms with van der Waals surface area (Å²) in [6.07, 6.45) is 5.26. The third-order valence-corrected chi connectivity index (χ3v) is 4.67. The fourth-order valence-electron chi connectivity index (χ4n) is 3.57. The molecule has 3 nitrogen and oxygen atoms in total. The summed E-state index contributed by atoms with van der Waals surface area (Å²) in [4.78, 5) is 5.01. The van der Waals surface area contributed by atoms with E-state index in [-0.39, 0.29) is 5.82 Å². The lowest BCUT2D eigenvalue weighted by atomic mass is 10.1. The van der Waals surface area contributed by atoms with Crippen molar-refractivity contribution in [1.82, 2.24) is 4.90 Å². The highest BCUT2D eigenvalue weighted by atomic mass is 19.1. The zero-order valence-corrected chi connectivity index (χ0v) is 12.0. The van der Waals surface area contributed by atoms with Crippen LogP contribution in [0.1, 0.15) is 31.2 Å². The minimum absolute atomic E-state index is 0.194. The molecule has 4 heteroatoms. The highest BCUT2D eigenvalue weighted by Crippen LogP contribution is 2.28. The summed E-state index contributed by atoms with van der Waals surface area (Å²) < 4.78 is 13.3. The molecule has 20 heavy (non-hydrogen) atoms. The fourth-order valence-corrected chi connectivity index (χ4v) is 3.57. The Hall–Kier alpha value is -1.13. The lowest BCUT2D eigenvalue weighted by Gasteiger charge is -2.32. The number of hydrogen-bond donors (Lipinski definition) is 1. The highest BCUT2D eigenvalue weighted by molar-refractivity contribution is 5.54. The van der Waals surface area contributed by atoms with Gasteiger partial charge in [-0.3, -0.25) is 4.90 Å². The summed E-state index contributed by atoms with van der Waals surface area (Å²) in [6.45, 7) is 4.99. The molecule has 2 aliphatic heterocycles. The van der Waals surface area contributed by atoms with Crippen LogP contribution in [0, 0.1) is 5.82 Å². The van der Waals surface area contributed by atoms with Crippen molar-refractivity contribution in [1.29, 1.82) is 0 Å². The van der Waals surface area contributed by atoms with E-state index in [1.165, 1.54) is 38.8 Å². The van der Waals surface area contributed by atoms with Gasteiger partial charge in [0.05, 0.1) is 0 Å². The Morgan fingerprint density at radius 1 is 1.15 bits per heavy atom. The largest absolute Gasteiger partial charge is 0.370 e. The second-order valence-corrected chi connectivity index (χ2v) is 5.96. The van der Waals surface area contributed by atoms with Crippen LogP contribution in [0.3, 0.4) is 0 Å². The molecule has 1 aromatic carbocycles. The van der Waals surface area contributed by atoms with Gasteiger partial charge in [0.2, 0.25) is 0 Å². The highest BCUT2D eigenvalue weighted by Gasteiger charge is 2.29. The summed E-state index contributed by atoms with van der Waals surface area (Å²) in [5.74, 6) is -0.194. The van der Waals surface area contributed by atoms with E-state index >= 15 is 0 Å². The van der Waals surface area contributed by atoms with E-state index in [0.29, 0.717) is 12.6 Å². The van der Waals surface area contributed by atoms with Crippen molar-refractivity contribution < 1.29 is 4.39 Å². The van der Waals surface area contributed by atoms with Crippen molar-refractivity contribution in [3.8, 4) is 0 Å². The Kier molecular flexibility index (Phi) is 4.22. The molecule has 2 N–H and O–H groups in total. The number of nitrogens with two attached hydrogens (primary N) is 1.